The number of methoxy groups -OCH3 is 1. The average molecular weight is 398 g/mol. The number of imidazole rings is 1. The number of nitrogens with one attached hydrogen (secondary N) is 1. The Morgan fingerprint density at radius 2 is 2.07 bits per heavy atom. The Hall–Kier alpha value is -3.62. The monoisotopic (exact) mass is 398 g/mol. The van der Waals surface area contributed by atoms with Gasteiger partial charge in [0.05, 0.1) is 29.7 Å². The van der Waals surface area contributed by atoms with Crippen molar-refractivity contribution in [2.45, 2.75) is 13.3 Å². The van der Waals surface area contributed by atoms with Gasteiger partial charge in [0, 0.05) is 37.7 Å². The molecule has 3 rings (SSSR count). The molecule has 0 aliphatic heterocycles. The molecule has 0 radical (unpaired) electrons. The van der Waals surface area contributed by atoms with Crippen molar-refractivity contribution in [3.05, 3.63) is 57.9 Å². The molecule has 3 aromatic rings. The minimum atomic E-state index is -0.560. The number of benzene rings is 2. The van der Waals surface area contributed by atoms with Gasteiger partial charge in [-0.05, 0) is 31.2 Å². The lowest BCUT2D eigenvalue weighted by Crippen LogP contribution is -2.26. The fraction of sp³-hybridized carbons (Fsp3) is 0.300. The average Bonchev–Trinajstić information content (AvgIpc) is 3.03. The van der Waals surface area contributed by atoms with E-state index in [2.05, 4.69) is 10.3 Å². The first kappa shape index (κ1) is 20.1. The molecule has 0 spiro atoms. The number of nitro benzene ring substituents is 1. The lowest BCUT2D eigenvalue weighted by Gasteiger charge is -2.08. The molecule has 1 N–H and O–H groups in total. The number of hydrogen-bond donors (Lipinski definition) is 1. The number of aryl methyl sites for hydroxylation is 1. The van der Waals surface area contributed by atoms with Crippen molar-refractivity contribution in [1.82, 2.24) is 14.9 Å². The number of aromatic nitrogens is 2. The largest absolute Gasteiger partial charge is 0.497 e. The van der Waals surface area contributed by atoms with Crippen molar-refractivity contribution in [1.29, 1.82) is 0 Å². The van der Waals surface area contributed by atoms with Crippen LogP contribution in [0.2, 0.25) is 0 Å². The summed E-state index contributed by atoms with van der Waals surface area (Å²) in [5.74, 6) is 1.29. The third-order valence-electron chi connectivity index (χ3n) is 4.53. The summed E-state index contributed by atoms with van der Waals surface area (Å²) in [5.41, 5.74) is 1.75. The van der Waals surface area contributed by atoms with Gasteiger partial charge in [0.25, 0.3) is 5.91 Å². The van der Waals surface area contributed by atoms with Gasteiger partial charge < -0.3 is 19.4 Å². The van der Waals surface area contributed by atoms with Gasteiger partial charge in [-0.25, -0.2) is 4.98 Å². The van der Waals surface area contributed by atoms with E-state index in [1.165, 1.54) is 18.2 Å². The number of rotatable bonds is 8. The van der Waals surface area contributed by atoms with Crippen LogP contribution in [0.1, 0.15) is 23.1 Å². The summed E-state index contributed by atoms with van der Waals surface area (Å²) in [7, 11) is 3.51. The molecule has 0 atom stereocenters. The topological polar surface area (TPSA) is 109 Å². The van der Waals surface area contributed by atoms with Gasteiger partial charge >= 0.3 is 5.69 Å². The predicted octanol–water partition coefficient (Wildman–Crippen LogP) is 2.86. The van der Waals surface area contributed by atoms with Gasteiger partial charge in [-0.3, -0.25) is 14.9 Å². The fourth-order valence-electron chi connectivity index (χ4n) is 3.05. The second-order valence-corrected chi connectivity index (χ2v) is 6.32. The van der Waals surface area contributed by atoms with Gasteiger partial charge in [-0.1, -0.05) is 0 Å². The zero-order valence-corrected chi connectivity index (χ0v) is 16.5. The van der Waals surface area contributed by atoms with Gasteiger partial charge in [-0.15, -0.1) is 0 Å². The number of ether oxygens (including phenoxy) is 2. The number of fused-ring (bicyclic) bond motifs is 1. The Labute approximate surface area is 167 Å². The summed E-state index contributed by atoms with van der Waals surface area (Å²) in [6.45, 7) is 2.38. The van der Waals surface area contributed by atoms with E-state index in [0.29, 0.717) is 19.6 Å². The zero-order valence-electron chi connectivity index (χ0n) is 16.5. The Bertz CT molecular complexity index is 1060. The molecule has 0 saturated carbocycles. The van der Waals surface area contributed by atoms with E-state index in [1.807, 2.05) is 29.8 Å². The standard InChI is InChI=1S/C20H22N4O5/c1-4-29-18-8-5-13(11-17(18)24(26)27)20(25)21-10-9-19-22-15-12-14(28-3)6-7-16(15)23(19)2/h5-8,11-12H,4,9-10H2,1-3H3,(H,21,25). The van der Waals surface area contributed by atoms with Crippen molar-refractivity contribution < 1.29 is 19.2 Å². The molecular formula is C20H22N4O5. The molecule has 29 heavy (non-hydrogen) atoms. The van der Waals surface area contributed by atoms with Crippen LogP contribution in [-0.4, -0.2) is 40.6 Å². The molecule has 1 amide bonds. The lowest BCUT2D eigenvalue weighted by atomic mass is 10.1. The van der Waals surface area contributed by atoms with Gasteiger partial charge in [-0.2, -0.15) is 0 Å². The maximum atomic E-state index is 12.4. The molecule has 0 aliphatic carbocycles. The molecule has 0 saturated heterocycles. The first-order valence-corrected chi connectivity index (χ1v) is 9.13. The van der Waals surface area contributed by atoms with E-state index < -0.39 is 10.8 Å². The summed E-state index contributed by atoms with van der Waals surface area (Å²) >= 11 is 0. The van der Waals surface area contributed by atoms with Gasteiger partial charge in [0.1, 0.15) is 11.6 Å². The van der Waals surface area contributed by atoms with Crippen LogP contribution in [0.15, 0.2) is 36.4 Å². The summed E-state index contributed by atoms with van der Waals surface area (Å²) in [4.78, 5) is 27.6. The van der Waals surface area contributed by atoms with Crippen LogP contribution in [0, 0.1) is 10.1 Å². The number of nitro groups is 1. The third kappa shape index (κ3) is 4.29. The van der Waals surface area contributed by atoms with Crippen LogP contribution in [0.3, 0.4) is 0 Å². The second-order valence-electron chi connectivity index (χ2n) is 6.32. The quantitative estimate of drug-likeness (QED) is 0.462. The number of carbonyl (C=O) groups excluding carboxylic acids is 1. The van der Waals surface area contributed by atoms with E-state index in [0.717, 1.165) is 22.6 Å². The summed E-state index contributed by atoms with van der Waals surface area (Å²) in [6, 6.07) is 9.83. The van der Waals surface area contributed by atoms with Crippen molar-refractivity contribution in [2.24, 2.45) is 7.05 Å². The number of nitrogens with zero attached hydrogens (tertiary/aromatic N) is 3. The molecule has 152 valence electrons. The second kappa shape index (κ2) is 8.59. The highest BCUT2D eigenvalue weighted by Gasteiger charge is 2.18. The van der Waals surface area contributed by atoms with E-state index in [1.54, 1.807) is 14.0 Å². The summed E-state index contributed by atoms with van der Waals surface area (Å²) < 4.78 is 12.4. The van der Waals surface area contributed by atoms with Crippen LogP contribution >= 0.6 is 0 Å². The summed E-state index contributed by atoms with van der Waals surface area (Å²) in [5, 5.41) is 14.0. The van der Waals surface area contributed by atoms with Crippen molar-refractivity contribution >= 4 is 22.6 Å². The van der Waals surface area contributed by atoms with E-state index in [9.17, 15) is 14.9 Å². The molecule has 0 unspecified atom stereocenters. The first-order chi connectivity index (χ1) is 13.9. The molecule has 9 heteroatoms. The van der Waals surface area contributed by atoms with Crippen molar-refractivity contribution in [2.75, 3.05) is 20.3 Å². The molecule has 1 aromatic heterocycles. The van der Waals surface area contributed by atoms with Crippen LogP contribution in [0.4, 0.5) is 5.69 Å². The zero-order chi connectivity index (χ0) is 21.0. The Kier molecular flexibility index (Phi) is 5.96. The van der Waals surface area contributed by atoms with Crippen LogP contribution in [0.25, 0.3) is 11.0 Å². The Balaban J connectivity index is 1.68. The molecule has 0 fully saturated rings. The van der Waals surface area contributed by atoms with E-state index in [4.69, 9.17) is 9.47 Å². The van der Waals surface area contributed by atoms with Crippen LogP contribution in [0.5, 0.6) is 11.5 Å². The van der Waals surface area contributed by atoms with Crippen molar-refractivity contribution in [3.8, 4) is 11.5 Å². The van der Waals surface area contributed by atoms with Crippen LogP contribution < -0.4 is 14.8 Å². The maximum absolute atomic E-state index is 12.4. The number of carbonyl (C=O) groups is 1. The van der Waals surface area contributed by atoms with Crippen molar-refractivity contribution in [3.63, 3.8) is 0 Å². The first-order valence-electron chi connectivity index (χ1n) is 9.13. The molecule has 0 bridgehead atoms. The molecule has 0 aliphatic rings. The lowest BCUT2D eigenvalue weighted by molar-refractivity contribution is -0.385. The Morgan fingerprint density at radius 1 is 1.28 bits per heavy atom. The number of hydrogen-bond acceptors (Lipinski definition) is 6. The van der Waals surface area contributed by atoms with Gasteiger partial charge in [0.2, 0.25) is 0 Å². The molecule has 2 aromatic carbocycles. The highest BCUT2D eigenvalue weighted by molar-refractivity contribution is 5.95. The fourth-order valence-corrected chi connectivity index (χ4v) is 3.05. The minimum Gasteiger partial charge on any atom is -0.497 e. The SMILES string of the molecule is CCOc1ccc(C(=O)NCCc2nc3cc(OC)ccc3n2C)cc1[N+](=O)[O-]. The van der Waals surface area contributed by atoms with E-state index in [-0.39, 0.29) is 17.0 Å². The smallest absolute Gasteiger partial charge is 0.311 e. The van der Waals surface area contributed by atoms with Crippen LogP contribution in [-0.2, 0) is 13.5 Å². The normalized spacial score (nSPS) is 10.7. The maximum Gasteiger partial charge on any atom is 0.311 e. The predicted molar refractivity (Wildman–Crippen MR) is 108 cm³/mol. The molecule has 1 heterocycles. The third-order valence-corrected chi connectivity index (χ3v) is 4.53. The highest BCUT2D eigenvalue weighted by Crippen LogP contribution is 2.28. The van der Waals surface area contributed by atoms with E-state index >= 15 is 0 Å². The number of amides is 1. The molecular weight excluding hydrogens is 376 g/mol. The highest BCUT2D eigenvalue weighted by atomic mass is 16.6. The molecule has 9 nitrogen and oxygen atoms in total. The Morgan fingerprint density at radius 3 is 2.76 bits per heavy atom. The summed E-state index contributed by atoms with van der Waals surface area (Å²) in [6.07, 6.45) is 0.512. The van der Waals surface area contributed by atoms with Gasteiger partial charge in [0.15, 0.2) is 5.75 Å². The minimum absolute atomic E-state index is 0.143.